The van der Waals surface area contributed by atoms with Crippen molar-refractivity contribution in [2.75, 3.05) is 7.11 Å². The van der Waals surface area contributed by atoms with Gasteiger partial charge in [-0.05, 0) is 12.5 Å². The number of amides is 1. The van der Waals surface area contributed by atoms with Crippen molar-refractivity contribution < 1.29 is 9.53 Å². The summed E-state index contributed by atoms with van der Waals surface area (Å²) in [6.07, 6.45) is 1.32. The molecule has 1 aliphatic rings. The van der Waals surface area contributed by atoms with E-state index in [2.05, 4.69) is 0 Å². The topological polar surface area (TPSA) is 29.5 Å². The van der Waals surface area contributed by atoms with Crippen molar-refractivity contribution in [1.82, 2.24) is 4.90 Å². The van der Waals surface area contributed by atoms with Gasteiger partial charge in [-0.1, -0.05) is 30.3 Å². The van der Waals surface area contributed by atoms with Gasteiger partial charge in [0.25, 0.3) is 0 Å². The first kappa shape index (κ1) is 11.1. The molecule has 0 aromatic heterocycles. The Balaban J connectivity index is 2.20. The van der Waals surface area contributed by atoms with Crippen molar-refractivity contribution in [3.8, 4) is 0 Å². The van der Waals surface area contributed by atoms with Crippen LogP contribution in [-0.4, -0.2) is 24.1 Å². The Morgan fingerprint density at radius 1 is 1.38 bits per heavy atom. The van der Waals surface area contributed by atoms with Crippen LogP contribution in [0.15, 0.2) is 30.3 Å². The molecular formula is C13H17NO2. The summed E-state index contributed by atoms with van der Waals surface area (Å²) in [5.74, 6) is 0.184. The second-order valence-electron chi connectivity index (χ2n) is 4.12. The summed E-state index contributed by atoms with van der Waals surface area (Å²) in [4.78, 5) is 13.6. The van der Waals surface area contributed by atoms with Gasteiger partial charge in [-0.3, -0.25) is 4.79 Å². The van der Waals surface area contributed by atoms with Crippen LogP contribution >= 0.6 is 0 Å². The largest absolute Gasteiger partial charge is 0.361 e. The second kappa shape index (κ2) is 4.66. The lowest BCUT2D eigenvalue weighted by atomic mass is 10.1. The average Bonchev–Trinajstić information content (AvgIpc) is 2.70. The molecule has 1 aromatic carbocycles. The van der Waals surface area contributed by atoms with Crippen LogP contribution in [0.5, 0.6) is 0 Å². The highest BCUT2D eigenvalue weighted by Gasteiger charge is 2.34. The maximum Gasteiger partial charge on any atom is 0.225 e. The minimum atomic E-state index is -0.0669. The molecule has 0 bridgehead atoms. The Labute approximate surface area is 96.0 Å². The summed E-state index contributed by atoms with van der Waals surface area (Å²) in [5, 5.41) is 0. The standard InChI is InChI=1S/C13H17NO2/c1-10(11-6-4-3-5-7-11)14-12(15)8-9-13(14)16-2/h3-7,10,13H,8-9H2,1-2H3/t10-,13?/m0/s1. The fourth-order valence-electron chi connectivity index (χ4n) is 2.26. The SMILES string of the molecule is COC1CCC(=O)N1[C@@H](C)c1ccccc1. The monoisotopic (exact) mass is 219 g/mol. The fraction of sp³-hybridized carbons (Fsp3) is 0.462. The van der Waals surface area contributed by atoms with Crippen molar-refractivity contribution >= 4 is 5.91 Å². The van der Waals surface area contributed by atoms with Gasteiger partial charge in [-0.15, -0.1) is 0 Å². The molecule has 0 saturated carbocycles. The van der Waals surface area contributed by atoms with Crippen molar-refractivity contribution in [2.45, 2.75) is 32.0 Å². The van der Waals surface area contributed by atoms with E-state index in [1.165, 1.54) is 0 Å². The lowest BCUT2D eigenvalue weighted by Crippen LogP contribution is -2.36. The van der Waals surface area contributed by atoms with Gasteiger partial charge in [0.1, 0.15) is 6.23 Å². The van der Waals surface area contributed by atoms with Crippen LogP contribution in [0, 0.1) is 0 Å². The van der Waals surface area contributed by atoms with E-state index in [1.807, 2.05) is 42.2 Å². The van der Waals surface area contributed by atoms with Crippen LogP contribution in [0.4, 0.5) is 0 Å². The first-order valence-corrected chi connectivity index (χ1v) is 5.63. The van der Waals surface area contributed by atoms with Crippen LogP contribution in [0.1, 0.15) is 31.4 Å². The van der Waals surface area contributed by atoms with Crippen LogP contribution in [-0.2, 0) is 9.53 Å². The molecule has 1 aliphatic heterocycles. The van der Waals surface area contributed by atoms with Gasteiger partial charge in [0.05, 0.1) is 6.04 Å². The molecule has 16 heavy (non-hydrogen) atoms. The van der Waals surface area contributed by atoms with Crippen LogP contribution in [0.25, 0.3) is 0 Å². The predicted octanol–water partition coefficient (Wildman–Crippen LogP) is 2.34. The molecular weight excluding hydrogens is 202 g/mol. The van der Waals surface area contributed by atoms with Crippen LogP contribution < -0.4 is 0 Å². The van der Waals surface area contributed by atoms with Crippen molar-refractivity contribution in [3.63, 3.8) is 0 Å². The maximum absolute atomic E-state index is 11.8. The van der Waals surface area contributed by atoms with Gasteiger partial charge in [0.15, 0.2) is 0 Å². The molecule has 3 heteroatoms. The number of methoxy groups -OCH3 is 1. The zero-order valence-corrected chi connectivity index (χ0v) is 9.72. The number of rotatable bonds is 3. The normalized spacial score (nSPS) is 22.5. The highest BCUT2D eigenvalue weighted by atomic mass is 16.5. The average molecular weight is 219 g/mol. The van der Waals surface area contributed by atoms with Crippen LogP contribution in [0.2, 0.25) is 0 Å². The van der Waals surface area contributed by atoms with E-state index in [-0.39, 0.29) is 18.2 Å². The molecule has 0 radical (unpaired) electrons. The van der Waals surface area contributed by atoms with Gasteiger partial charge in [-0.2, -0.15) is 0 Å². The van der Waals surface area contributed by atoms with Gasteiger partial charge >= 0.3 is 0 Å². The van der Waals surface area contributed by atoms with Gasteiger partial charge in [-0.25, -0.2) is 0 Å². The zero-order chi connectivity index (χ0) is 11.5. The molecule has 1 aromatic rings. The number of ether oxygens (including phenoxy) is 1. The Kier molecular flexibility index (Phi) is 3.25. The van der Waals surface area contributed by atoms with Gasteiger partial charge < -0.3 is 9.64 Å². The third-order valence-corrected chi connectivity index (χ3v) is 3.17. The first-order chi connectivity index (χ1) is 7.74. The molecule has 2 rings (SSSR count). The summed E-state index contributed by atoms with van der Waals surface area (Å²) in [7, 11) is 1.66. The molecule has 1 heterocycles. The zero-order valence-electron chi connectivity index (χ0n) is 9.72. The minimum Gasteiger partial charge on any atom is -0.361 e. The number of carbonyl (C=O) groups excluding carboxylic acids is 1. The molecule has 0 N–H and O–H groups in total. The van der Waals surface area contributed by atoms with E-state index in [4.69, 9.17) is 4.74 Å². The van der Waals surface area contributed by atoms with Gasteiger partial charge in [0.2, 0.25) is 5.91 Å². The summed E-state index contributed by atoms with van der Waals surface area (Å²) < 4.78 is 5.34. The summed E-state index contributed by atoms with van der Waals surface area (Å²) >= 11 is 0. The summed E-state index contributed by atoms with van der Waals surface area (Å²) in [6.45, 7) is 2.05. The fourth-order valence-corrected chi connectivity index (χ4v) is 2.26. The van der Waals surface area contributed by atoms with Crippen LogP contribution in [0.3, 0.4) is 0 Å². The molecule has 0 aliphatic carbocycles. The third kappa shape index (κ3) is 1.95. The summed E-state index contributed by atoms with van der Waals surface area (Å²) in [6, 6.07) is 10.1. The summed E-state index contributed by atoms with van der Waals surface area (Å²) in [5.41, 5.74) is 1.15. The van der Waals surface area contributed by atoms with E-state index in [1.54, 1.807) is 7.11 Å². The number of hydrogen-bond donors (Lipinski definition) is 0. The number of benzene rings is 1. The second-order valence-corrected chi connectivity index (χ2v) is 4.12. The molecule has 1 amide bonds. The lowest BCUT2D eigenvalue weighted by molar-refractivity contribution is -0.138. The molecule has 1 unspecified atom stereocenters. The number of carbonyl (C=O) groups is 1. The van der Waals surface area contributed by atoms with E-state index >= 15 is 0 Å². The lowest BCUT2D eigenvalue weighted by Gasteiger charge is -2.30. The quantitative estimate of drug-likeness (QED) is 0.781. The van der Waals surface area contributed by atoms with E-state index in [0.29, 0.717) is 6.42 Å². The van der Waals surface area contributed by atoms with Crippen molar-refractivity contribution in [1.29, 1.82) is 0 Å². The van der Waals surface area contributed by atoms with Gasteiger partial charge in [0, 0.05) is 20.0 Å². The van der Waals surface area contributed by atoms with E-state index in [9.17, 15) is 4.79 Å². The molecule has 3 nitrogen and oxygen atoms in total. The van der Waals surface area contributed by atoms with Crippen molar-refractivity contribution in [2.24, 2.45) is 0 Å². The number of hydrogen-bond acceptors (Lipinski definition) is 2. The Hall–Kier alpha value is -1.35. The van der Waals surface area contributed by atoms with Crippen molar-refractivity contribution in [3.05, 3.63) is 35.9 Å². The highest BCUT2D eigenvalue weighted by Crippen LogP contribution is 2.30. The Morgan fingerprint density at radius 3 is 2.69 bits per heavy atom. The third-order valence-electron chi connectivity index (χ3n) is 3.17. The number of likely N-dealkylation sites (tertiary alicyclic amines) is 1. The maximum atomic E-state index is 11.8. The predicted molar refractivity (Wildman–Crippen MR) is 61.7 cm³/mol. The molecule has 86 valence electrons. The Bertz CT molecular complexity index is 363. The molecule has 1 fully saturated rings. The molecule has 2 atom stereocenters. The first-order valence-electron chi connectivity index (χ1n) is 5.63. The minimum absolute atomic E-state index is 0.0669. The van der Waals surface area contributed by atoms with E-state index in [0.717, 1.165) is 12.0 Å². The smallest absolute Gasteiger partial charge is 0.225 e. The number of nitrogens with zero attached hydrogens (tertiary/aromatic N) is 1. The highest BCUT2D eigenvalue weighted by molar-refractivity contribution is 5.79. The molecule has 1 saturated heterocycles. The molecule has 0 spiro atoms. The Morgan fingerprint density at radius 2 is 2.06 bits per heavy atom. The van der Waals surface area contributed by atoms with E-state index < -0.39 is 0 Å².